The minimum absolute atomic E-state index is 0.110. The molecule has 1 aliphatic rings. The van der Waals surface area contributed by atoms with E-state index < -0.39 is 22.3 Å². The van der Waals surface area contributed by atoms with Crippen molar-refractivity contribution in [2.24, 2.45) is 0 Å². The number of aliphatic carboxylic acids is 1. The molecule has 1 amide bonds. The molecule has 1 fully saturated rings. The summed E-state index contributed by atoms with van der Waals surface area (Å²) in [7, 11) is 0. The first-order valence-electron chi connectivity index (χ1n) is 6.69. The van der Waals surface area contributed by atoms with E-state index in [-0.39, 0.29) is 24.3 Å². The number of nitro benzene ring substituents is 1. The van der Waals surface area contributed by atoms with Gasteiger partial charge in [0.15, 0.2) is 0 Å². The molecule has 0 spiro atoms. The van der Waals surface area contributed by atoms with Crippen LogP contribution < -0.4 is 5.32 Å². The first kappa shape index (κ1) is 15.9. The molecule has 1 saturated heterocycles. The molecule has 0 bridgehead atoms. The maximum Gasteiger partial charge on any atom is 0.305 e. The van der Waals surface area contributed by atoms with Crippen LogP contribution in [0, 0.1) is 17.0 Å². The molecule has 1 atom stereocenters. The van der Waals surface area contributed by atoms with Crippen LogP contribution in [0.3, 0.4) is 0 Å². The van der Waals surface area contributed by atoms with Gasteiger partial charge in [-0.15, -0.1) is 0 Å². The molecule has 0 aromatic heterocycles. The van der Waals surface area contributed by atoms with Crippen LogP contribution in [0.4, 0.5) is 5.69 Å². The van der Waals surface area contributed by atoms with E-state index in [2.05, 4.69) is 5.32 Å². The second kappa shape index (κ2) is 6.10. The van der Waals surface area contributed by atoms with Crippen molar-refractivity contribution in [3.05, 3.63) is 39.4 Å². The van der Waals surface area contributed by atoms with Gasteiger partial charge in [-0.2, -0.15) is 0 Å². The fraction of sp³-hybridized carbons (Fsp3) is 0.429. The second-order valence-corrected chi connectivity index (χ2v) is 5.42. The Balaban J connectivity index is 2.24. The van der Waals surface area contributed by atoms with Gasteiger partial charge in [-0.25, -0.2) is 0 Å². The predicted octanol–water partition coefficient (Wildman–Crippen LogP) is 1.27. The van der Waals surface area contributed by atoms with Crippen molar-refractivity contribution in [2.45, 2.75) is 25.3 Å². The molecule has 2 rings (SSSR count). The van der Waals surface area contributed by atoms with E-state index >= 15 is 0 Å². The molecule has 1 heterocycles. The summed E-state index contributed by atoms with van der Waals surface area (Å²) < 4.78 is 5.20. The number of rotatable bonds is 5. The monoisotopic (exact) mass is 308 g/mol. The van der Waals surface area contributed by atoms with Crippen LogP contribution >= 0.6 is 0 Å². The van der Waals surface area contributed by atoms with E-state index in [9.17, 15) is 19.7 Å². The Hall–Kier alpha value is -2.48. The Bertz CT molecular complexity index is 622. The smallest absolute Gasteiger partial charge is 0.305 e. The second-order valence-electron chi connectivity index (χ2n) is 5.42. The minimum atomic E-state index is -1.04. The lowest BCUT2D eigenvalue weighted by molar-refractivity contribution is -0.384. The van der Waals surface area contributed by atoms with Crippen molar-refractivity contribution >= 4 is 17.6 Å². The van der Waals surface area contributed by atoms with Gasteiger partial charge in [-0.1, -0.05) is 0 Å². The Morgan fingerprint density at radius 3 is 2.73 bits per heavy atom. The molecule has 1 aliphatic heterocycles. The summed E-state index contributed by atoms with van der Waals surface area (Å²) in [6.07, 6.45) is 0.131. The molecule has 1 unspecified atom stereocenters. The summed E-state index contributed by atoms with van der Waals surface area (Å²) in [5.74, 6) is -1.58. The average molecular weight is 308 g/mol. The maximum atomic E-state index is 12.3. The van der Waals surface area contributed by atoms with Crippen LogP contribution in [0.1, 0.15) is 28.8 Å². The zero-order chi connectivity index (χ0) is 16.3. The molecule has 118 valence electrons. The highest BCUT2D eigenvalue weighted by Crippen LogP contribution is 2.24. The average Bonchev–Trinajstić information content (AvgIpc) is 2.85. The number of nitrogens with one attached hydrogen (secondary N) is 1. The van der Waals surface area contributed by atoms with Crippen LogP contribution in [0.15, 0.2) is 18.2 Å². The number of ether oxygens (including phenoxy) is 1. The number of benzene rings is 1. The number of carbonyl (C=O) groups excluding carboxylic acids is 1. The third-order valence-corrected chi connectivity index (χ3v) is 3.51. The van der Waals surface area contributed by atoms with Gasteiger partial charge in [-0.05, 0) is 25.0 Å². The normalized spacial score (nSPS) is 20.6. The van der Waals surface area contributed by atoms with E-state index in [0.29, 0.717) is 18.6 Å². The molecule has 2 N–H and O–H groups in total. The number of carbonyl (C=O) groups is 2. The van der Waals surface area contributed by atoms with Gasteiger partial charge in [0.05, 0.1) is 23.5 Å². The molecule has 22 heavy (non-hydrogen) atoms. The summed E-state index contributed by atoms with van der Waals surface area (Å²) in [6, 6.07) is 4.06. The number of hydrogen-bond acceptors (Lipinski definition) is 5. The van der Waals surface area contributed by atoms with E-state index in [1.165, 1.54) is 18.2 Å². The van der Waals surface area contributed by atoms with Crippen LogP contribution in [0.5, 0.6) is 0 Å². The van der Waals surface area contributed by atoms with Crippen LogP contribution in [0.2, 0.25) is 0 Å². The molecule has 0 saturated carbocycles. The SMILES string of the molecule is Cc1cc(C(=O)NC2(CC(=O)O)CCOC2)cc([N+](=O)[O-])c1. The summed E-state index contributed by atoms with van der Waals surface area (Å²) >= 11 is 0. The van der Waals surface area contributed by atoms with Crippen molar-refractivity contribution < 1.29 is 24.4 Å². The number of nitrogens with zero attached hydrogens (tertiary/aromatic N) is 1. The Morgan fingerprint density at radius 1 is 1.45 bits per heavy atom. The number of aryl methyl sites for hydroxylation is 1. The first-order valence-corrected chi connectivity index (χ1v) is 6.69. The molecule has 0 radical (unpaired) electrons. The fourth-order valence-electron chi connectivity index (χ4n) is 2.49. The van der Waals surface area contributed by atoms with Crippen LogP contribution in [-0.4, -0.2) is 40.7 Å². The summed E-state index contributed by atoms with van der Waals surface area (Å²) in [5.41, 5.74) is -0.445. The lowest BCUT2D eigenvalue weighted by atomic mass is 9.93. The zero-order valence-electron chi connectivity index (χ0n) is 12.0. The molecule has 8 nitrogen and oxygen atoms in total. The molecule has 1 aromatic rings. The molecule has 1 aromatic carbocycles. The molecule has 0 aliphatic carbocycles. The summed E-state index contributed by atoms with van der Waals surface area (Å²) in [5, 5.41) is 22.5. The Morgan fingerprint density at radius 2 is 2.18 bits per heavy atom. The van der Waals surface area contributed by atoms with Crippen LogP contribution in [0.25, 0.3) is 0 Å². The van der Waals surface area contributed by atoms with Crippen molar-refractivity contribution in [2.75, 3.05) is 13.2 Å². The van der Waals surface area contributed by atoms with E-state index in [4.69, 9.17) is 9.84 Å². The lowest BCUT2D eigenvalue weighted by Crippen LogP contribution is -2.50. The highest BCUT2D eigenvalue weighted by Gasteiger charge is 2.39. The van der Waals surface area contributed by atoms with Crippen LogP contribution in [-0.2, 0) is 9.53 Å². The third kappa shape index (κ3) is 3.59. The minimum Gasteiger partial charge on any atom is -0.481 e. The zero-order valence-corrected chi connectivity index (χ0v) is 12.0. The van der Waals surface area contributed by atoms with Crippen molar-refractivity contribution in [1.29, 1.82) is 0 Å². The van der Waals surface area contributed by atoms with Gasteiger partial charge in [0.25, 0.3) is 11.6 Å². The van der Waals surface area contributed by atoms with Gasteiger partial charge in [0, 0.05) is 24.3 Å². The first-order chi connectivity index (χ1) is 10.3. The quantitative estimate of drug-likeness (QED) is 0.624. The number of amides is 1. The molecular weight excluding hydrogens is 292 g/mol. The van der Waals surface area contributed by atoms with Gasteiger partial charge >= 0.3 is 5.97 Å². The summed E-state index contributed by atoms with van der Waals surface area (Å²) in [6.45, 7) is 2.12. The van der Waals surface area contributed by atoms with Gasteiger partial charge < -0.3 is 15.2 Å². The van der Waals surface area contributed by atoms with Gasteiger partial charge in [-0.3, -0.25) is 19.7 Å². The van der Waals surface area contributed by atoms with E-state index in [1.54, 1.807) is 6.92 Å². The maximum absolute atomic E-state index is 12.3. The van der Waals surface area contributed by atoms with Crippen molar-refractivity contribution in [3.8, 4) is 0 Å². The van der Waals surface area contributed by atoms with E-state index in [1.807, 2.05) is 0 Å². The Kier molecular flexibility index (Phi) is 4.41. The standard InChI is InChI=1S/C14H16N2O6/c1-9-4-10(6-11(5-9)16(20)21)13(19)15-14(7-12(17)18)2-3-22-8-14/h4-6H,2-3,7-8H2,1H3,(H,15,19)(H,17,18). The molecule has 8 heteroatoms. The number of nitro groups is 1. The topological polar surface area (TPSA) is 119 Å². The summed E-state index contributed by atoms with van der Waals surface area (Å²) in [4.78, 5) is 33.6. The Labute approximate surface area is 126 Å². The number of carboxylic acid groups (broad SMARTS) is 1. The van der Waals surface area contributed by atoms with Gasteiger partial charge in [0.2, 0.25) is 0 Å². The highest BCUT2D eigenvalue weighted by molar-refractivity contribution is 5.95. The largest absolute Gasteiger partial charge is 0.481 e. The highest BCUT2D eigenvalue weighted by atomic mass is 16.6. The number of carboxylic acids is 1. The number of hydrogen-bond donors (Lipinski definition) is 2. The number of non-ortho nitro benzene ring substituents is 1. The lowest BCUT2D eigenvalue weighted by Gasteiger charge is -2.27. The molecular formula is C14H16N2O6. The fourth-order valence-corrected chi connectivity index (χ4v) is 2.49. The van der Waals surface area contributed by atoms with E-state index in [0.717, 1.165) is 0 Å². The van der Waals surface area contributed by atoms with Gasteiger partial charge in [0.1, 0.15) is 0 Å². The third-order valence-electron chi connectivity index (χ3n) is 3.51. The predicted molar refractivity (Wildman–Crippen MR) is 75.7 cm³/mol. The van der Waals surface area contributed by atoms with Crippen molar-refractivity contribution in [3.63, 3.8) is 0 Å². The van der Waals surface area contributed by atoms with Crippen molar-refractivity contribution in [1.82, 2.24) is 5.32 Å².